The van der Waals surface area contributed by atoms with E-state index in [0.717, 1.165) is 56.0 Å². The first-order valence-corrected chi connectivity index (χ1v) is 10.1. The summed E-state index contributed by atoms with van der Waals surface area (Å²) in [5.74, 6) is -0.526. The standard InChI is InChI=1S/C20H22N4O4/c25-23(26)19(24(27)28)14-8-9-16-18(12-14)22-17-7-2-1-5-13(17)11-15-6-3-4-10-20(15,22)21-16/h8-9,12,15H,1-7,10-11H2/t15-,20+/m0/s1. The lowest BCUT2D eigenvalue weighted by atomic mass is 9.70. The van der Waals surface area contributed by atoms with Gasteiger partial charge in [-0.1, -0.05) is 12.0 Å². The maximum Gasteiger partial charge on any atom is 0.566 e. The monoisotopic (exact) mass is 382 g/mol. The number of fused-ring (bicyclic) bond motifs is 3. The van der Waals surface area contributed by atoms with E-state index in [9.17, 15) is 20.2 Å². The lowest BCUT2D eigenvalue weighted by Crippen LogP contribution is -2.55. The summed E-state index contributed by atoms with van der Waals surface area (Å²) in [5, 5.41) is 23.4. The Bertz CT molecular complexity index is 1030. The van der Waals surface area contributed by atoms with Crippen LogP contribution in [0.3, 0.4) is 0 Å². The first kappa shape index (κ1) is 17.3. The average molecular weight is 382 g/mol. The van der Waals surface area contributed by atoms with Crippen LogP contribution in [0.5, 0.6) is 0 Å². The Hall–Kier alpha value is -2.77. The minimum absolute atomic E-state index is 0.0388. The number of nitrogens with zero attached hydrogens (tertiary/aromatic N) is 4. The van der Waals surface area contributed by atoms with Crippen LogP contribution in [-0.2, 0) is 0 Å². The molecule has 2 aliphatic carbocycles. The molecule has 1 aromatic carbocycles. The molecule has 28 heavy (non-hydrogen) atoms. The second-order valence-corrected chi connectivity index (χ2v) is 8.27. The van der Waals surface area contributed by atoms with Crippen molar-refractivity contribution in [2.45, 2.75) is 63.5 Å². The first-order valence-electron chi connectivity index (χ1n) is 10.1. The smallest absolute Gasteiger partial charge is 0.318 e. The highest BCUT2D eigenvalue weighted by Gasteiger charge is 2.53. The molecule has 2 aliphatic heterocycles. The van der Waals surface area contributed by atoms with E-state index in [1.807, 2.05) is 0 Å². The largest absolute Gasteiger partial charge is 0.566 e. The third-order valence-corrected chi connectivity index (χ3v) is 6.84. The zero-order valence-corrected chi connectivity index (χ0v) is 15.6. The number of hydrogen-bond acceptors (Lipinski definition) is 6. The highest BCUT2D eigenvalue weighted by molar-refractivity contribution is 5.61. The minimum atomic E-state index is -0.973. The van der Waals surface area contributed by atoms with Crippen molar-refractivity contribution in [3.63, 3.8) is 0 Å². The van der Waals surface area contributed by atoms with Crippen LogP contribution in [-0.4, -0.2) is 15.5 Å². The summed E-state index contributed by atoms with van der Waals surface area (Å²) >= 11 is 0. The average Bonchev–Trinajstić information content (AvgIpc) is 2.99. The number of nitro groups is 2. The minimum Gasteiger partial charge on any atom is -0.318 e. The van der Waals surface area contributed by atoms with Crippen LogP contribution in [0.4, 0.5) is 5.69 Å². The van der Waals surface area contributed by atoms with Crippen LogP contribution in [0, 0.1) is 26.1 Å². The van der Waals surface area contributed by atoms with Crippen molar-refractivity contribution >= 4 is 11.5 Å². The molecule has 5 rings (SSSR count). The molecule has 1 spiro atoms. The normalized spacial score (nSPS) is 27.9. The molecule has 2 atom stereocenters. The van der Waals surface area contributed by atoms with Gasteiger partial charge in [-0.25, -0.2) is 0 Å². The number of anilines is 1. The molecule has 0 amide bonds. The highest BCUT2D eigenvalue weighted by Crippen LogP contribution is 2.53. The maximum absolute atomic E-state index is 11.3. The van der Waals surface area contributed by atoms with Gasteiger partial charge in [0.15, 0.2) is 0 Å². The predicted molar refractivity (Wildman–Crippen MR) is 102 cm³/mol. The Morgan fingerprint density at radius 1 is 1.11 bits per heavy atom. The molecule has 146 valence electrons. The van der Waals surface area contributed by atoms with Crippen LogP contribution in [0.2, 0.25) is 0 Å². The van der Waals surface area contributed by atoms with Gasteiger partial charge in [-0.15, -0.1) is 0 Å². The van der Waals surface area contributed by atoms with Crippen molar-refractivity contribution in [3.8, 4) is 0 Å². The predicted octanol–water partition coefficient (Wildman–Crippen LogP) is 2.86. The molecule has 8 nitrogen and oxygen atoms in total. The van der Waals surface area contributed by atoms with Crippen LogP contribution in [0.15, 0.2) is 34.5 Å². The molecule has 0 N–H and O–H groups in total. The van der Waals surface area contributed by atoms with Gasteiger partial charge in [0.05, 0.1) is 11.0 Å². The van der Waals surface area contributed by atoms with Crippen molar-refractivity contribution in [2.24, 2.45) is 10.9 Å². The molecule has 4 aliphatic rings. The quantitative estimate of drug-likeness (QED) is 0.578. The van der Waals surface area contributed by atoms with Crippen molar-refractivity contribution in [1.82, 2.24) is 0 Å². The third kappa shape index (κ3) is 2.33. The Labute approximate surface area is 161 Å². The zero-order chi connectivity index (χ0) is 19.5. The molecule has 0 aromatic heterocycles. The van der Waals surface area contributed by atoms with Gasteiger partial charge in [0.25, 0.3) is 0 Å². The van der Waals surface area contributed by atoms with Gasteiger partial charge in [-0.2, -0.15) is 0 Å². The maximum atomic E-state index is 11.3. The Balaban J connectivity index is 1.76. The SMILES string of the molecule is O=[N+]([O-])C(=c1ccc2c(c1)N1C3=C(CCCC3)C[C@@H]3CCCC[C@]31N=2)[N+](=O)[O-]. The van der Waals surface area contributed by atoms with E-state index in [2.05, 4.69) is 4.90 Å². The van der Waals surface area contributed by atoms with E-state index in [-0.39, 0.29) is 10.9 Å². The summed E-state index contributed by atoms with van der Waals surface area (Å²) in [7, 11) is 0. The van der Waals surface area contributed by atoms with E-state index in [0.29, 0.717) is 5.92 Å². The Morgan fingerprint density at radius 2 is 1.89 bits per heavy atom. The van der Waals surface area contributed by atoms with Gasteiger partial charge in [0.2, 0.25) is 0 Å². The molecule has 2 heterocycles. The van der Waals surface area contributed by atoms with E-state index in [4.69, 9.17) is 4.99 Å². The topological polar surface area (TPSA) is 102 Å². The Kier molecular flexibility index (Phi) is 3.79. The highest BCUT2D eigenvalue weighted by atomic mass is 16.7. The molecule has 1 fully saturated rings. The van der Waals surface area contributed by atoms with Crippen LogP contribution < -0.4 is 15.5 Å². The molecular formula is C20H22N4O4. The van der Waals surface area contributed by atoms with E-state index in [1.165, 1.54) is 30.2 Å². The van der Waals surface area contributed by atoms with Crippen molar-refractivity contribution < 1.29 is 9.85 Å². The van der Waals surface area contributed by atoms with Gasteiger partial charge in [0, 0.05) is 11.6 Å². The fraction of sp³-hybridized carbons (Fsp3) is 0.550. The summed E-state index contributed by atoms with van der Waals surface area (Å²) in [6.45, 7) is 0. The summed E-state index contributed by atoms with van der Waals surface area (Å²) in [4.78, 5) is 28.2. The molecular weight excluding hydrogens is 360 g/mol. The van der Waals surface area contributed by atoms with Gasteiger partial charge in [0.1, 0.15) is 20.7 Å². The fourth-order valence-corrected chi connectivity index (χ4v) is 5.72. The van der Waals surface area contributed by atoms with Crippen LogP contribution in [0.1, 0.15) is 57.8 Å². The number of rotatable bonds is 2. The van der Waals surface area contributed by atoms with E-state index < -0.39 is 15.7 Å². The third-order valence-electron chi connectivity index (χ3n) is 6.84. The molecule has 0 radical (unpaired) electrons. The zero-order valence-electron chi connectivity index (χ0n) is 15.6. The van der Waals surface area contributed by atoms with E-state index >= 15 is 0 Å². The lowest BCUT2D eigenvalue weighted by Gasteiger charge is -2.52. The molecule has 0 bridgehead atoms. The summed E-state index contributed by atoms with van der Waals surface area (Å²) < 4.78 is 0. The Morgan fingerprint density at radius 3 is 2.68 bits per heavy atom. The van der Waals surface area contributed by atoms with Crippen LogP contribution in [0.25, 0.3) is 5.82 Å². The van der Waals surface area contributed by atoms with Crippen molar-refractivity contribution in [2.75, 3.05) is 4.90 Å². The molecule has 0 unspecified atom stereocenters. The van der Waals surface area contributed by atoms with Gasteiger partial charge in [-0.3, -0.25) is 25.2 Å². The molecule has 8 heteroatoms. The van der Waals surface area contributed by atoms with Gasteiger partial charge >= 0.3 is 5.82 Å². The number of hydrogen-bond donors (Lipinski definition) is 0. The number of allylic oxidation sites excluding steroid dienone is 2. The van der Waals surface area contributed by atoms with Crippen molar-refractivity contribution in [1.29, 1.82) is 0 Å². The molecule has 1 aromatic rings. The second-order valence-electron chi connectivity index (χ2n) is 8.27. The number of benzene rings is 1. The lowest BCUT2D eigenvalue weighted by molar-refractivity contribution is -0.547. The molecule has 0 saturated heterocycles. The fourth-order valence-electron chi connectivity index (χ4n) is 5.72. The van der Waals surface area contributed by atoms with Crippen LogP contribution >= 0.6 is 0 Å². The van der Waals surface area contributed by atoms with Gasteiger partial charge < -0.3 is 4.90 Å². The van der Waals surface area contributed by atoms with Crippen molar-refractivity contribution in [3.05, 3.63) is 60.3 Å². The summed E-state index contributed by atoms with van der Waals surface area (Å²) in [5.41, 5.74) is 3.31. The van der Waals surface area contributed by atoms with E-state index in [1.54, 1.807) is 12.1 Å². The van der Waals surface area contributed by atoms with Gasteiger partial charge in [-0.05, 0) is 69.6 Å². The molecule has 1 saturated carbocycles. The summed E-state index contributed by atoms with van der Waals surface area (Å²) in [6, 6.07) is 4.80. The second kappa shape index (κ2) is 6.12. The first-order chi connectivity index (χ1) is 13.5. The summed E-state index contributed by atoms with van der Waals surface area (Å²) in [6.07, 6.45) is 9.96.